The molecule has 0 spiro atoms. The number of nitrogens with one attached hydrogen (secondary N) is 1. The van der Waals surface area contributed by atoms with Crippen LogP contribution in [0.3, 0.4) is 0 Å². The third-order valence-corrected chi connectivity index (χ3v) is 4.02. The van der Waals surface area contributed by atoms with Crippen molar-refractivity contribution in [1.29, 1.82) is 0 Å². The normalized spacial score (nSPS) is 16.8. The Morgan fingerprint density at radius 2 is 2.24 bits per heavy atom. The van der Waals surface area contributed by atoms with Gasteiger partial charge in [-0.2, -0.15) is 0 Å². The van der Waals surface area contributed by atoms with Crippen LogP contribution in [0.2, 0.25) is 0 Å². The molecule has 4 N–H and O–H groups in total. The monoisotopic (exact) mass is 348 g/mol. The van der Waals surface area contributed by atoms with Gasteiger partial charge in [-0.25, -0.2) is 4.98 Å². The quantitative estimate of drug-likeness (QED) is 0.637. The molecule has 3 rings (SSSR count). The van der Waals surface area contributed by atoms with Crippen molar-refractivity contribution in [1.82, 2.24) is 14.7 Å². The molecule has 3 heterocycles. The SMILES string of the molecule is Cn1c(N2CCC(C(N)=O)C2)nc(C(=O)Nc2cnoc2)c(O)c1=O. The lowest BCUT2D eigenvalue weighted by Crippen LogP contribution is -2.33. The van der Waals surface area contributed by atoms with Crippen molar-refractivity contribution in [3.63, 3.8) is 0 Å². The van der Waals surface area contributed by atoms with E-state index in [0.717, 1.165) is 4.57 Å². The van der Waals surface area contributed by atoms with Crippen LogP contribution in [0, 0.1) is 5.92 Å². The number of nitrogens with two attached hydrogens (primary N) is 1. The van der Waals surface area contributed by atoms with Gasteiger partial charge >= 0.3 is 0 Å². The minimum atomic E-state index is -0.787. The first kappa shape index (κ1) is 16.5. The fraction of sp³-hybridized carbons (Fsp3) is 0.357. The van der Waals surface area contributed by atoms with E-state index in [1.165, 1.54) is 19.5 Å². The number of hydrogen-bond donors (Lipinski definition) is 3. The first-order valence-electron chi connectivity index (χ1n) is 7.43. The maximum absolute atomic E-state index is 12.3. The summed E-state index contributed by atoms with van der Waals surface area (Å²) in [5.41, 5.74) is 4.36. The molecule has 11 heteroatoms. The number of carbonyl (C=O) groups is 2. The van der Waals surface area contributed by atoms with Gasteiger partial charge in [-0.1, -0.05) is 5.16 Å². The summed E-state index contributed by atoms with van der Waals surface area (Å²) in [6.07, 6.45) is 2.97. The molecule has 0 saturated carbocycles. The minimum Gasteiger partial charge on any atom is -0.501 e. The predicted molar refractivity (Wildman–Crippen MR) is 85.1 cm³/mol. The molecule has 1 saturated heterocycles. The average molecular weight is 348 g/mol. The van der Waals surface area contributed by atoms with Gasteiger partial charge < -0.3 is 25.6 Å². The summed E-state index contributed by atoms with van der Waals surface area (Å²) >= 11 is 0. The van der Waals surface area contributed by atoms with Crippen LogP contribution in [0.15, 0.2) is 21.8 Å². The minimum absolute atomic E-state index is 0.169. The highest BCUT2D eigenvalue weighted by atomic mass is 16.5. The van der Waals surface area contributed by atoms with E-state index >= 15 is 0 Å². The van der Waals surface area contributed by atoms with E-state index in [1.807, 2.05) is 0 Å². The van der Waals surface area contributed by atoms with Gasteiger partial charge in [0.05, 0.1) is 12.1 Å². The summed E-state index contributed by atoms with van der Waals surface area (Å²) < 4.78 is 5.72. The van der Waals surface area contributed by atoms with Crippen LogP contribution >= 0.6 is 0 Å². The van der Waals surface area contributed by atoms with Crippen molar-refractivity contribution < 1.29 is 19.2 Å². The van der Waals surface area contributed by atoms with Gasteiger partial charge in [0, 0.05) is 20.1 Å². The Kier molecular flexibility index (Phi) is 4.13. The molecule has 0 aromatic carbocycles. The molecular weight excluding hydrogens is 332 g/mol. The molecule has 132 valence electrons. The van der Waals surface area contributed by atoms with Crippen molar-refractivity contribution in [2.24, 2.45) is 18.7 Å². The van der Waals surface area contributed by atoms with Gasteiger partial charge in [0.2, 0.25) is 17.6 Å². The van der Waals surface area contributed by atoms with E-state index in [-0.39, 0.29) is 24.1 Å². The lowest BCUT2D eigenvalue weighted by Gasteiger charge is -2.20. The predicted octanol–water partition coefficient (Wildman–Crippen LogP) is -0.962. The van der Waals surface area contributed by atoms with Gasteiger partial charge in [-0.3, -0.25) is 19.0 Å². The Balaban J connectivity index is 1.95. The Morgan fingerprint density at radius 1 is 1.48 bits per heavy atom. The van der Waals surface area contributed by atoms with Crippen LogP contribution in [-0.4, -0.2) is 44.7 Å². The number of anilines is 2. The standard InChI is InChI=1S/C14H16N6O5/c1-19-13(24)10(21)9(12(23)17-8-4-16-25-6-8)18-14(19)20-3-2-7(5-20)11(15)22/h4,6-7,21H,2-3,5H2,1H3,(H2,15,22)(H,17,23). The third-order valence-electron chi connectivity index (χ3n) is 4.02. The van der Waals surface area contributed by atoms with Crippen molar-refractivity contribution in [3.8, 4) is 5.75 Å². The first-order chi connectivity index (χ1) is 11.9. The number of carbonyl (C=O) groups excluding carboxylic acids is 2. The van der Waals surface area contributed by atoms with Gasteiger partial charge in [0.15, 0.2) is 5.69 Å². The van der Waals surface area contributed by atoms with E-state index in [9.17, 15) is 19.5 Å². The van der Waals surface area contributed by atoms with E-state index in [0.29, 0.717) is 13.0 Å². The molecule has 1 aliphatic heterocycles. The second-order valence-electron chi connectivity index (χ2n) is 5.67. The molecule has 0 radical (unpaired) electrons. The number of aromatic nitrogens is 3. The molecule has 2 aromatic heterocycles. The molecule has 11 nitrogen and oxygen atoms in total. The molecule has 1 aliphatic rings. The van der Waals surface area contributed by atoms with Crippen LogP contribution in [0.25, 0.3) is 0 Å². The maximum atomic E-state index is 12.3. The number of nitrogens with zero attached hydrogens (tertiary/aromatic N) is 4. The van der Waals surface area contributed by atoms with Gasteiger partial charge in [0.25, 0.3) is 11.5 Å². The number of hydrogen-bond acceptors (Lipinski definition) is 8. The molecule has 1 unspecified atom stereocenters. The molecule has 0 bridgehead atoms. The first-order valence-corrected chi connectivity index (χ1v) is 7.43. The lowest BCUT2D eigenvalue weighted by molar-refractivity contribution is -0.121. The number of amides is 2. The Hall–Kier alpha value is -3.37. The highest BCUT2D eigenvalue weighted by Crippen LogP contribution is 2.23. The van der Waals surface area contributed by atoms with Crippen LogP contribution in [0.5, 0.6) is 5.75 Å². The zero-order valence-electron chi connectivity index (χ0n) is 13.3. The van der Waals surface area contributed by atoms with Gasteiger partial charge in [-0.05, 0) is 6.42 Å². The van der Waals surface area contributed by atoms with Crippen LogP contribution < -0.4 is 21.5 Å². The summed E-state index contributed by atoms with van der Waals surface area (Å²) in [6, 6.07) is 0. The fourth-order valence-electron chi connectivity index (χ4n) is 2.65. The summed E-state index contributed by atoms with van der Waals surface area (Å²) in [7, 11) is 1.42. The Bertz CT molecular complexity index is 875. The number of primary amides is 1. The summed E-state index contributed by atoms with van der Waals surface area (Å²) in [4.78, 5) is 41.6. The molecule has 1 atom stereocenters. The lowest BCUT2D eigenvalue weighted by atomic mass is 10.1. The highest BCUT2D eigenvalue weighted by molar-refractivity contribution is 6.04. The second-order valence-corrected chi connectivity index (χ2v) is 5.67. The van der Waals surface area contributed by atoms with Crippen molar-refractivity contribution in [2.75, 3.05) is 23.3 Å². The zero-order valence-corrected chi connectivity index (χ0v) is 13.3. The topological polar surface area (TPSA) is 157 Å². The summed E-state index contributed by atoms with van der Waals surface area (Å²) in [5, 5.41) is 15.8. The molecule has 2 amide bonds. The third kappa shape index (κ3) is 3.03. The van der Waals surface area contributed by atoms with E-state index in [4.69, 9.17) is 5.73 Å². The molecule has 25 heavy (non-hydrogen) atoms. The van der Waals surface area contributed by atoms with E-state index in [1.54, 1.807) is 4.90 Å². The van der Waals surface area contributed by atoms with Gasteiger partial charge in [-0.15, -0.1) is 0 Å². The molecule has 1 fully saturated rings. The molecule has 2 aromatic rings. The molecular formula is C14H16N6O5. The van der Waals surface area contributed by atoms with Gasteiger partial charge in [0.1, 0.15) is 12.0 Å². The average Bonchev–Trinajstić information content (AvgIpc) is 3.24. The van der Waals surface area contributed by atoms with Crippen molar-refractivity contribution in [3.05, 3.63) is 28.5 Å². The summed E-state index contributed by atoms with van der Waals surface area (Å²) in [5.74, 6) is -2.19. The largest absolute Gasteiger partial charge is 0.501 e. The van der Waals surface area contributed by atoms with Crippen molar-refractivity contribution in [2.45, 2.75) is 6.42 Å². The number of rotatable bonds is 4. The van der Waals surface area contributed by atoms with Crippen molar-refractivity contribution >= 4 is 23.5 Å². The van der Waals surface area contributed by atoms with Crippen LogP contribution in [-0.2, 0) is 11.8 Å². The second kappa shape index (κ2) is 6.26. The highest BCUT2D eigenvalue weighted by Gasteiger charge is 2.30. The smallest absolute Gasteiger partial charge is 0.297 e. The Labute approximate surface area is 141 Å². The Morgan fingerprint density at radius 3 is 2.84 bits per heavy atom. The van der Waals surface area contributed by atoms with E-state index < -0.39 is 28.8 Å². The van der Waals surface area contributed by atoms with Crippen LogP contribution in [0.4, 0.5) is 11.6 Å². The zero-order chi connectivity index (χ0) is 18.1. The summed E-state index contributed by atoms with van der Waals surface area (Å²) in [6.45, 7) is 0.735. The fourth-order valence-corrected chi connectivity index (χ4v) is 2.65. The molecule has 0 aliphatic carbocycles. The van der Waals surface area contributed by atoms with E-state index in [2.05, 4.69) is 20.0 Å². The number of aromatic hydroxyl groups is 1. The maximum Gasteiger partial charge on any atom is 0.297 e. The van der Waals surface area contributed by atoms with Crippen LogP contribution in [0.1, 0.15) is 16.9 Å².